The molecule has 1 fully saturated rings. The van der Waals surface area contributed by atoms with Gasteiger partial charge in [0.1, 0.15) is 11.9 Å². The highest BCUT2D eigenvalue weighted by Gasteiger charge is 2.34. The molecule has 0 saturated carbocycles. The van der Waals surface area contributed by atoms with Gasteiger partial charge in [0.05, 0.1) is 6.20 Å². The van der Waals surface area contributed by atoms with Crippen molar-refractivity contribution in [3.63, 3.8) is 0 Å². The highest BCUT2D eigenvalue weighted by atomic mass is 35.5. The molecule has 0 aliphatic carbocycles. The summed E-state index contributed by atoms with van der Waals surface area (Å²) < 4.78 is 10.7. The Labute approximate surface area is 190 Å². The van der Waals surface area contributed by atoms with Gasteiger partial charge < -0.3 is 14.5 Å². The molecule has 166 valence electrons. The Hall–Kier alpha value is -3.23. The van der Waals surface area contributed by atoms with Gasteiger partial charge in [-0.1, -0.05) is 6.07 Å². The fraction of sp³-hybridized carbons (Fsp3) is 0.304. The summed E-state index contributed by atoms with van der Waals surface area (Å²) >= 11 is 5.96. The number of hydrogen-bond donors (Lipinski definition) is 1. The molecule has 1 unspecified atom stereocenters. The summed E-state index contributed by atoms with van der Waals surface area (Å²) in [5, 5.41) is 3.07. The van der Waals surface area contributed by atoms with Crippen molar-refractivity contribution in [2.24, 2.45) is 0 Å². The molecule has 2 aromatic heterocycles. The van der Waals surface area contributed by atoms with Crippen LogP contribution >= 0.6 is 11.6 Å². The second kappa shape index (κ2) is 10.4. The minimum Gasteiger partial charge on any atom is -0.444 e. The summed E-state index contributed by atoms with van der Waals surface area (Å²) in [7, 11) is 0. The van der Waals surface area contributed by atoms with Crippen molar-refractivity contribution >= 4 is 29.1 Å². The SMILES string of the molecule is O=C(NC1CCOCC1)C(c1cccnc1)N(C(=O)CCl)c1ccc(-c2cnco2)cc1. The van der Waals surface area contributed by atoms with E-state index in [1.54, 1.807) is 55.0 Å². The lowest BCUT2D eigenvalue weighted by Crippen LogP contribution is -2.48. The Morgan fingerprint density at radius 3 is 2.53 bits per heavy atom. The molecule has 0 bridgehead atoms. The van der Waals surface area contributed by atoms with Gasteiger partial charge in [-0.25, -0.2) is 4.98 Å². The van der Waals surface area contributed by atoms with Gasteiger partial charge in [0.15, 0.2) is 12.2 Å². The quantitative estimate of drug-likeness (QED) is 0.550. The fourth-order valence-corrected chi connectivity index (χ4v) is 3.85. The van der Waals surface area contributed by atoms with E-state index in [2.05, 4.69) is 15.3 Å². The first kappa shape index (κ1) is 22.0. The molecular formula is C23H23ClN4O4. The van der Waals surface area contributed by atoms with Crippen molar-refractivity contribution in [2.45, 2.75) is 24.9 Å². The van der Waals surface area contributed by atoms with E-state index in [1.165, 1.54) is 11.3 Å². The van der Waals surface area contributed by atoms with Crippen molar-refractivity contribution in [3.05, 3.63) is 66.9 Å². The van der Waals surface area contributed by atoms with Crippen LogP contribution < -0.4 is 10.2 Å². The average molecular weight is 455 g/mol. The van der Waals surface area contributed by atoms with E-state index in [4.69, 9.17) is 20.8 Å². The summed E-state index contributed by atoms with van der Waals surface area (Å²) in [4.78, 5) is 35.9. The highest BCUT2D eigenvalue weighted by Crippen LogP contribution is 2.30. The van der Waals surface area contributed by atoms with Crippen LogP contribution in [0.5, 0.6) is 0 Å². The number of carbonyl (C=O) groups excluding carboxylic acids is 2. The Bertz CT molecular complexity index is 1020. The van der Waals surface area contributed by atoms with Gasteiger partial charge in [0, 0.05) is 48.5 Å². The van der Waals surface area contributed by atoms with Gasteiger partial charge in [0.2, 0.25) is 11.8 Å². The van der Waals surface area contributed by atoms with Gasteiger partial charge in [0.25, 0.3) is 0 Å². The van der Waals surface area contributed by atoms with E-state index in [0.29, 0.717) is 30.2 Å². The minimum absolute atomic E-state index is 0.0165. The molecular weight excluding hydrogens is 432 g/mol. The maximum absolute atomic E-state index is 13.5. The Balaban J connectivity index is 1.69. The molecule has 1 aliphatic rings. The molecule has 9 heteroatoms. The zero-order chi connectivity index (χ0) is 22.3. The molecule has 3 aromatic rings. The lowest BCUT2D eigenvalue weighted by atomic mass is 10.0. The lowest BCUT2D eigenvalue weighted by molar-refractivity contribution is -0.126. The van der Waals surface area contributed by atoms with E-state index in [0.717, 1.165) is 18.4 Å². The molecule has 2 amide bonds. The number of nitrogens with one attached hydrogen (secondary N) is 1. The molecule has 1 atom stereocenters. The number of nitrogens with zero attached hydrogens (tertiary/aromatic N) is 3. The molecule has 0 radical (unpaired) electrons. The predicted octanol–water partition coefficient (Wildman–Crippen LogP) is 3.34. The predicted molar refractivity (Wildman–Crippen MR) is 119 cm³/mol. The highest BCUT2D eigenvalue weighted by molar-refractivity contribution is 6.29. The lowest BCUT2D eigenvalue weighted by Gasteiger charge is -2.33. The monoisotopic (exact) mass is 454 g/mol. The van der Waals surface area contributed by atoms with E-state index >= 15 is 0 Å². The van der Waals surface area contributed by atoms with E-state index in [-0.39, 0.29) is 17.8 Å². The van der Waals surface area contributed by atoms with Crippen LogP contribution in [0.15, 0.2) is 65.8 Å². The molecule has 8 nitrogen and oxygen atoms in total. The van der Waals surface area contributed by atoms with E-state index in [9.17, 15) is 9.59 Å². The summed E-state index contributed by atoms with van der Waals surface area (Å²) in [5.74, 6) is -0.351. The average Bonchev–Trinajstić information content (AvgIpc) is 3.38. The van der Waals surface area contributed by atoms with E-state index in [1.807, 2.05) is 0 Å². The van der Waals surface area contributed by atoms with Crippen LogP contribution in [0.1, 0.15) is 24.4 Å². The zero-order valence-electron chi connectivity index (χ0n) is 17.3. The number of benzene rings is 1. The van der Waals surface area contributed by atoms with E-state index < -0.39 is 11.9 Å². The van der Waals surface area contributed by atoms with Crippen molar-refractivity contribution in [1.82, 2.24) is 15.3 Å². The minimum atomic E-state index is -0.922. The first-order chi connectivity index (χ1) is 15.7. The van der Waals surface area contributed by atoms with Gasteiger partial charge >= 0.3 is 0 Å². The maximum Gasteiger partial charge on any atom is 0.248 e. The van der Waals surface area contributed by atoms with Gasteiger partial charge in [-0.15, -0.1) is 11.6 Å². The first-order valence-electron chi connectivity index (χ1n) is 10.3. The number of carbonyl (C=O) groups is 2. The largest absolute Gasteiger partial charge is 0.444 e. The molecule has 0 spiro atoms. The number of anilines is 1. The Morgan fingerprint density at radius 2 is 1.91 bits per heavy atom. The van der Waals surface area contributed by atoms with Crippen LogP contribution in [-0.2, 0) is 14.3 Å². The first-order valence-corrected chi connectivity index (χ1v) is 10.9. The molecule has 1 saturated heterocycles. The second-order valence-electron chi connectivity index (χ2n) is 7.39. The molecule has 1 N–H and O–H groups in total. The van der Waals surface area contributed by atoms with Crippen LogP contribution in [0.3, 0.4) is 0 Å². The summed E-state index contributed by atoms with van der Waals surface area (Å²) in [5.41, 5.74) is 1.93. The maximum atomic E-state index is 13.5. The van der Waals surface area contributed by atoms with Crippen LogP contribution in [-0.4, -0.2) is 46.9 Å². The zero-order valence-corrected chi connectivity index (χ0v) is 18.1. The Kier molecular flexibility index (Phi) is 7.14. The van der Waals surface area contributed by atoms with Gasteiger partial charge in [-0.3, -0.25) is 19.5 Å². The topological polar surface area (TPSA) is 97.6 Å². The van der Waals surface area contributed by atoms with Gasteiger partial charge in [-0.2, -0.15) is 0 Å². The number of pyridine rings is 1. The van der Waals surface area contributed by atoms with Crippen molar-refractivity contribution in [2.75, 3.05) is 24.0 Å². The number of rotatable bonds is 7. The molecule has 3 heterocycles. The van der Waals surface area contributed by atoms with Crippen LogP contribution in [0.25, 0.3) is 11.3 Å². The molecule has 4 rings (SSSR count). The normalized spacial score (nSPS) is 15.2. The molecule has 1 aromatic carbocycles. The fourth-order valence-electron chi connectivity index (χ4n) is 3.72. The van der Waals surface area contributed by atoms with Crippen LogP contribution in [0, 0.1) is 0 Å². The number of hydrogen-bond acceptors (Lipinski definition) is 6. The third kappa shape index (κ3) is 4.98. The van der Waals surface area contributed by atoms with Crippen molar-refractivity contribution < 1.29 is 18.7 Å². The molecule has 1 aliphatic heterocycles. The smallest absolute Gasteiger partial charge is 0.248 e. The Morgan fingerprint density at radius 1 is 1.12 bits per heavy atom. The summed E-state index contributed by atoms with van der Waals surface area (Å²) in [6, 6.07) is 9.70. The van der Waals surface area contributed by atoms with Crippen molar-refractivity contribution in [1.29, 1.82) is 0 Å². The summed E-state index contributed by atoms with van der Waals surface area (Å²) in [6.07, 6.45) is 7.62. The number of amides is 2. The number of aromatic nitrogens is 2. The van der Waals surface area contributed by atoms with Crippen LogP contribution in [0.2, 0.25) is 0 Å². The number of ether oxygens (including phenoxy) is 1. The third-order valence-corrected chi connectivity index (χ3v) is 5.55. The summed E-state index contributed by atoms with van der Waals surface area (Å²) in [6.45, 7) is 1.19. The van der Waals surface area contributed by atoms with Crippen LogP contribution in [0.4, 0.5) is 5.69 Å². The van der Waals surface area contributed by atoms with Crippen molar-refractivity contribution in [3.8, 4) is 11.3 Å². The van der Waals surface area contributed by atoms with Gasteiger partial charge in [-0.05, 0) is 43.2 Å². The second-order valence-corrected chi connectivity index (χ2v) is 7.66. The standard InChI is InChI=1S/C23H23ClN4O4/c24-12-21(29)28(19-5-3-16(4-6-19)20-14-26-15-32-20)22(17-2-1-9-25-13-17)23(30)27-18-7-10-31-11-8-18/h1-6,9,13-15,18,22H,7-8,10-12H2,(H,27,30). The number of oxazole rings is 1. The number of alkyl halides is 1. The third-order valence-electron chi connectivity index (χ3n) is 5.32. The number of halogens is 1. The molecule has 32 heavy (non-hydrogen) atoms.